The van der Waals surface area contributed by atoms with E-state index in [0.717, 1.165) is 20.3 Å². The van der Waals surface area contributed by atoms with Crippen molar-refractivity contribution < 1.29 is 0 Å². The molecular weight excluding hydrogens is 380 g/mol. The van der Waals surface area contributed by atoms with Crippen LogP contribution in [-0.4, -0.2) is 4.98 Å². The monoisotopic (exact) mass is 390 g/mol. The molecule has 1 aromatic heterocycles. The largest absolute Gasteiger partial charge is 0.379 e. The van der Waals surface area contributed by atoms with Gasteiger partial charge in [-0.1, -0.05) is 40.2 Å². The predicted molar refractivity (Wildman–Crippen MR) is 90.9 cm³/mol. The third-order valence-corrected chi connectivity index (χ3v) is 4.28. The number of rotatable bonds is 3. The highest BCUT2D eigenvalue weighted by molar-refractivity contribution is 9.11. The summed E-state index contributed by atoms with van der Waals surface area (Å²) in [4.78, 5) is 4.37. The van der Waals surface area contributed by atoms with Crippen LogP contribution < -0.4 is 5.32 Å². The molecule has 1 N–H and O–H groups in total. The smallest absolute Gasteiger partial charge is 0.0595 e. The van der Waals surface area contributed by atoms with Gasteiger partial charge in [0.2, 0.25) is 0 Å². The second-order valence-electron chi connectivity index (χ2n) is 4.46. The molecule has 4 heteroatoms. The second-order valence-corrected chi connectivity index (χ2v) is 6.23. The molecule has 2 nitrogen and oxygen atoms in total. The summed E-state index contributed by atoms with van der Waals surface area (Å²) < 4.78 is 2.11. The molecule has 0 fully saturated rings. The first-order valence-corrected chi connectivity index (χ1v) is 7.84. The van der Waals surface area contributed by atoms with E-state index in [2.05, 4.69) is 72.5 Å². The number of pyridine rings is 1. The van der Waals surface area contributed by atoms with Gasteiger partial charge in [-0.3, -0.25) is 4.98 Å². The maximum Gasteiger partial charge on any atom is 0.0595 e. The predicted octanol–water partition coefficient (Wildman–Crippen LogP) is 5.37. The number of hydrogen-bond donors (Lipinski definition) is 1. The fraction of sp³-hybridized carbons (Fsp3) is 0.0625. The van der Waals surface area contributed by atoms with Crippen LogP contribution in [0.3, 0.4) is 0 Å². The van der Waals surface area contributed by atoms with Gasteiger partial charge in [0.25, 0.3) is 0 Å². The van der Waals surface area contributed by atoms with Gasteiger partial charge >= 0.3 is 0 Å². The quantitative estimate of drug-likeness (QED) is 0.648. The Labute approximate surface area is 134 Å². The van der Waals surface area contributed by atoms with E-state index in [0.29, 0.717) is 6.54 Å². The van der Waals surface area contributed by atoms with E-state index in [1.165, 1.54) is 10.8 Å². The molecule has 0 saturated heterocycles. The lowest BCUT2D eigenvalue weighted by Crippen LogP contribution is -2.01. The molecular formula is C16H12Br2N2. The van der Waals surface area contributed by atoms with Crippen LogP contribution in [-0.2, 0) is 6.54 Å². The Balaban J connectivity index is 1.88. The third-order valence-electron chi connectivity index (χ3n) is 3.12. The van der Waals surface area contributed by atoms with Gasteiger partial charge in [-0.25, -0.2) is 0 Å². The molecule has 0 atom stereocenters. The molecule has 1 heterocycles. The van der Waals surface area contributed by atoms with E-state index in [4.69, 9.17) is 0 Å². The van der Waals surface area contributed by atoms with Gasteiger partial charge in [0.15, 0.2) is 0 Å². The van der Waals surface area contributed by atoms with E-state index >= 15 is 0 Å². The number of halogens is 2. The van der Waals surface area contributed by atoms with E-state index < -0.39 is 0 Å². The maximum absolute atomic E-state index is 4.37. The van der Waals surface area contributed by atoms with E-state index in [9.17, 15) is 0 Å². The molecule has 0 aliphatic rings. The van der Waals surface area contributed by atoms with Crippen molar-refractivity contribution in [1.29, 1.82) is 0 Å². The molecule has 3 aromatic rings. The summed E-state index contributed by atoms with van der Waals surface area (Å²) in [7, 11) is 0. The lowest BCUT2D eigenvalue weighted by molar-refractivity contribution is 1.04. The van der Waals surface area contributed by atoms with Gasteiger partial charge in [0.1, 0.15) is 0 Å². The highest BCUT2D eigenvalue weighted by Gasteiger charge is 2.04. The topological polar surface area (TPSA) is 24.9 Å². The van der Waals surface area contributed by atoms with Crippen LogP contribution in [0.5, 0.6) is 0 Å². The molecule has 0 radical (unpaired) electrons. The number of aromatic nitrogens is 1. The zero-order chi connectivity index (χ0) is 13.9. The normalized spacial score (nSPS) is 10.7. The molecule has 2 aromatic carbocycles. The maximum atomic E-state index is 4.37. The van der Waals surface area contributed by atoms with E-state index in [-0.39, 0.29) is 0 Å². The molecule has 0 amide bonds. The van der Waals surface area contributed by atoms with Crippen molar-refractivity contribution in [2.24, 2.45) is 0 Å². The summed E-state index contributed by atoms with van der Waals surface area (Å²) >= 11 is 6.98. The zero-order valence-electron chi connectivity index (χ0n) is 10.6. The standard InChI is InChI=1S/C16H12Br2N2/c17-11-5-6-12(19-9-11)10-20-16-8-7-15(18)13-3-1-2-4-14(13)16/h1-9,20H,10H2. The summed E-state index contributed by atoms with van der Waals surface area (Å²) in [5.74, 6) is 0. The minimum absolute atomic E-state index is 0.707. The highest BCUT2D eigenvalue weighted by atomic mass is 79.9. The Morgan fingerprint density at radius 3 is 2.45 bits per heavy atom. The lowest BCUT2D eigenvalue weighted by Gasteiger charge is -2.10. The first-order valence-electron chi connectivity index (χ1n) is 6.25. The molecule has 3 rings (SSSR count). The van der Waals surface area contributed by atoms with Crippen LogP contribution in [0.4, 0.5) is 5.69 Å². The Morgan fingerprint density at radius 2 is 1.70 bits per heavy atom. The van der Waals surface area contributed by atoms with Crippen molar-refractivity contribution in [3.63, 3.8) is 0 Å². The molecule has 100 valence electrons. The summed E-state index contributed by atoms with van der Waals surface area (Å²) in [5, 5.41) is 5.87. The van der Waals surface area contributed by atoms with E-state index in [1.807, 2.05) is 24.4 Å². The summed E-state index contributed by atoms with van der Waals surface area (Å²) in [6.07, 6.45) is 1.82. The third kappa shape index (κ3) is 2.86. The molecule has 0 saturated carbocycles. The molecule has 0 unspecified atom stereocenters. The molecule has 20 heavy (non-hydrogen) atoms. The Morgan fingerprint density at radius 1 is 0.900 bits per heavy atom. The minimum atomic E-state index is 0.707. The fourth-order valence-corrected chi connectivity index (χ4v) is 2.83. The van der Waals surface area contributed by atoms with Crippen LogP contribution in [0.15, 0.2) is 63.7 Å². The number of hydrogen-bond acceptors (Lipinski definition) is 2. The molecule has 0 bridgehead atoms. The highest BCUT2D eigenvalue weighted by Crippen LogP contribution is 2.30. The molecule has 0 aliphatic heterocycles. The average molecular weight is 392 g/mol. The SMILES string of the molecule is Brc1ccc(CNc2ccc(Br)c3ccccc23)nc1. The summed E-state index contributed by atoms with van der Waals surface area (Å²) in [5.41, 5.74) is 2.13. The number of nitrogens with zero attached hydrogens (tertiary/aromatic N) is 1. The first-order chi connectivity index (χ1) is 9.74. The number of benzene rings is 2. The van der Waals surface area contributed by atoms with Crippen LogP contribution in [0.25, 0.3) is 10.8 Å². The van der Waals surface area contributed by atoms with Crippen LogP contribution >= 0.6 is 31.9 Å². The number of nitrogens with one attached hydrogen (secondary N) is 1. The first kappa shape index (κ1) is 13.6. The van der Waals surface area contributed by atoms with Crippen LogP contribution in [0.1, 0.15) is 5.69 Å². The zero-order valence-corrected chi connectivity index (χ0v) is 13.8. The van der Waals surface area contributed by atoms with Gasteiger partial charge in [0, 0.05) is 26.2 Å². The molecule has 0 spiro atoms. The summed E-state index contributed by atoms with van der Waals surface area (Å²) in [6, 6.07) is 16.5. The van der Waals surface area contributed by atoms with Gasteiger partial charge in [0.05, 0.1) is 12.2 Å². The van der Waals surface area contributed by atoms with Crippen molar-refractivity contribution >= 4 is 48.3 Å². The van der Waals surface area contributed by atoms with Gasteiger partial charge in [-0.15, -0.1) is 0 Å². The Kier molecular flexibility index (Phi) is 4.03. The summed E-state index contributed by atoms with van der Waals surface area (Å²) in [6.45, 7) is 0.707. The number of anilines is 1. The Hall–Kier alpha value is -1.39. The van der Waals surface area contributed by atoms with Crippen molar-refractivity contribution in [3.05, 3.63) is 69.4 Å². The van der Waals surface area contributed by atoms with Crippen molar-refractivity contribution in [2.45, 2.75) is 6.54 Å². The van der Waals surface area contributed by atoms with Gasteiger partial charge < -0.3 is 5.32 Å². The van der Waals surface area contributed by atoms with Gasteiger partial charge in [-0.05, 0) is 45.6 Å². The van der Waals surface area contributed by atoms with Crippen molar-refractivity contribution in [3.8, 4) is 0 Å². The van der Waals surface area contributed by atoms with E-state index in [1.54, 1.807) is 0 Å². The Bertz CT molecular complexity index is 739. The molecule has 0 aliphatic carbocycles. The van der Waals surface area contributed by atoms with Crippen molar-refractivity contribution in [1.82, 2.24) is 4.98 Å². The second kappa shape index (κ2) is 5.94. The van der Waals surface area contributed by atoms with Crippen molar-refractivity contribution in [2.75, 3.05) is 5.32 Å². The number of fused-ring (bicyclic) bond motifs is 1. The lowest BCUT2D eigenvalue weighted by atomic mass is 10.1. The van der Waals surface area contributed by atoms with Crippen LogP contribution in [0, 0.1) is 0 Å². The van der Waals surface area contributed by atoms with Gasteiger partial charge in [-0.2, -0.15) is 0 Å². The minimum Gasteiger partial charge on any atom is -0.379 e. The fourth-order valence-electron chi connectivity index (χ4n) is 2.11. The average Bonchev–Trinajstić information content (AvgIpc) is 2.49. The van der Waals surface area contributed by atoms with Crippen LogP contribution in [0.2, 0.25) is 0 Å².